The molecule has 0 fully saturated rings. The van der Waals surface area contributed by atoms with Crippen LogP contribution >= 0.6 is 23.2 Å². The first-order chi connectivity index (χ1) is 9.47. The number of anilines is 1. The first-order valence-corrected chi connectivity index (χ1v) is 6.34. The Morgan fingerprint density at radius 3 is 2.60 bits per heavy atom. The van der Waals surface area contributed by atoms with Crippen LogP contribution in [0.1, 0.15) is 5.56 Å². The topological polar surface area (TPSA) is 55.2 Å². The molecule has 0 saturated carbocycles. The molecule has 1 N–H and O–H groups in total. The summed E-state index contributed by atoms with van der Waals surface area (Å²) in [6.45, 7) is 0.330. The van der Waals surface area contributed by atoms with Gasteiger partial charge in [-0.2, -0.15) is 4.39 Å². The Morgan fingerprint density at radius 2 is 1.95 bits per heavy atom. The predicted molar refractivity (Wildman–Crippen MR) is 76.8 cm³/mol. The van der Waals surface area contributed by atoms with Crippen molar-refractivity contribution in [3.05, 3.63) is 67.9 Å². The van der Waals surface area contributed by atoms with E-state index in [-0.39, 0.29) is 0 Å². The maximum absolute atomic E-state index is 13.4. The van der Waals surface area contributed by atoms with Gasteiger partial charge in [0.2, 0.25) is 5.82 Å². The standard InChI is InChI=1S/C13H9Cl2FN2O2/c14-9-1-3-11(15)8(5-9)7-17-10-2-4-13(18(19)20)12(16)6-10/h1-6,17H,7H2. The highest BCUT2D eigenvalue weighted by Crippen LogP contribution is 2.24. The van der Waals surface area contributed by atoms with Crippen LogP contribution in [-0.4, -0.2) is 4.92 Å². The lowest BCUT2D eigenvalue weighted by atomic mass is 10.2. The zero-order chi connectivity index (χ0) is 14.7. The Balaban J connectivity index is 2.13. The van der Waals surface area contributed by atoms with Crippen LogP contribution in [0.15, 0.2) is 36.4 Å². The first kappa shape index (κ1) is 14.6. The van der Waals surface area contributed by atoms with Crippen molar-refractivity contribution in [1.29, 1.82) is 0 Å². The fourth-order valence-electron chi connectivity index (χ4n) is 1.64. The van der Waals surface area contributed by atoms with E-state index in [1.165, 1.54) is 6.07 Å². The quantitative estimate of drug-likeness (QED) is 0.660. The minimum Gasteiger partial charge on any atom is -0.381 e. The Kier molecular flexibility index (Phi) is 4.42. The van der Waals surface area contributed by atoms with E-state index in [2.05, 4.69) is 5.32 Å². The summed E-state index contributed by atoms with van der Waals surface area (Å²) in [6, 6.07) is 8.63. The van der Waals surface area contributed by atoms with E-state index in [4.69, 9.17) is 23.2 Å². The largest absolute Gasteiger partial charge is 0.381 e. The second-order valence-corrected chi connectivity index (χ2v) is 4.86. The molecule has 0 aliphatic heterocycles. The molecular weight excluding hydrogens is 306 g/mol. The van der Waals surface area contributed by atoms with Gasteiger partial charge in [-0.15, -0.1) is 0 Å². The number of nitrogens with zero attached hydrogens (tertiary/aromatic N) is 1. The molecule has 2 rings (SSSR count). The van der Waals surface area contributed by atoms with Crippen molar-refractivity contribution in [3.8, 4) is 0 Å². The van der Waals surface area contributed by atoms with Gasteiger partial charge in [0.05, 0.1) is 4.92 Å². The summed E-state index contributed by atoms with van der Waals surface area (Å²) < 4.78 is 13.4. The third-order valence-corrected chi connectivity index (χ3v) is 3.24. The fourth-order valence-corrected chi connectivity index (χ4v) is 2.02. The summed E-state index contributed by atoms with van der Waals surface area (Å²) in [5.41, 5.74) is 0.610. The van der Waals surface area contributed by atoms with Crippen molar-refractivity contribution in [1.82, 2.24) is 0 Å². The van der Waals surface area contributed by atoms with Crippen molar-refractivity contribution in [3.63, 3.8) is 0 Å². The van der Waals surface area contributed by atoms with E-state index in [0.717, 1.165) is 17.7 Å². The van der Waals surface area contributed by atoms with Crippen LogP contribution < -0.4 is 5.32 Å². The van der Waals surface area contributed by atoms with Gasteiger partial charge in [0, 0.05) is 34.4 Å². The number of hydrogen-bond acceptors (Lipinski definition) is 3. The number of benzene rings is 2. The molecule has 7 heteroatoms. The van der Waals surface area contributed by atoms with Crippen LogP contribution in [0.5, 0.6) is 0 Å². The van der Waals surface area contributed by atoms with Crippen molar-refractivity contribution in [2.24, 2.45) is 0 Å². The normalized spacial score (nSPS) is 10.3. The molecule has 2 aromatic carbocycles. The van der Waals surface area contributed by atoms with E-state index in [9.17, 15) is 14.5 Å². The van der Waals surface area contributed by atoms with E-state index in [1.807, 2.05) is 0 Å². The maximum Gasteiger partial charge on any atom is 0.304 e. The van der Waals surface area contributed by atoms with Gasteiger partial charge in [0.15, 0.2) is 0 Å². The van der Waals surface area contributed by atoms with Gasteiger partial charge in [-0.1, -0.05) is 23.2 Å². The highest BCUT2D eigenvalue weighted by atomic mass is 35.5. The van der Waals surface area contributed by atoms with E-state index >= 15 is 0 Å². The van der Waals surface area contributed by atoms with Gasteiger partial charge < -0.3 is 5.32 Å². The number of hydrogen-bond donors (Lipinski definition) is 1. The van der Waals surface area contributed by atoms with E-state index in [0.29, 0.717) is 22.3 Å². The molecule has 0 aromatic heterocycles. The summed E-state index contributed by atoms with van der Waals surface area (Å²) in [5.74, 6) is -0.891. The Morgan fingerprint density at radius 1 is 1.20 bits per heavy atom. The predicted octanol–water partition coefficient (Wildman–Crippen LogP) is 4.65. The highest BCUT2D eigenvalue weighted by molar-refractivity contribution is 6.33. The van der Waals surface area contributed by atoms with Crippen LogP contribution in [0, 0.1) is 15.9 Å². The molecule has 0 unspecified atom stereocenters. The highest BCUT2D eigenvalue weighted by Gasteiger charge is 2.13. The Bertz CT molecular complexity index is 665. The van der Waals surface area contributed by atoms with Crippen molar-refractivity contribution in [2.75, 3.05) is 5.32 Å². The Hall–Kier alpha value is -1.85. The Labute approximate surface area is 124 Å². The van der Waals surface area contributed by atoms with E-state index < -0.39 is 16.4 Å². The minimum atomic E-state index is -0.891. The average Bonchev–Trinajstić information content (AvgIpc) is 2.39. The lowest BCUT2D eigenvalue weighted by Crippen LogP contribution is -2.01. The molecule has 104 valence electrons. The molecule has 0 heterocycles. The van der Waals surface area contributed by atoms with Gasteiger partial charge >= 0.3 is 5.69 Å². The monoisotopic (exact) mass is 314 g/mol. The molecule has 20 heavy (non-hydrogen) atoms. The van der Waals surface area contributed by atoms with Crippen LogP contribution in [0.2, 0.25) is 10.0 Å². The SMILES string of the molecule is O=[N+]([O-])c1ccc(NCc2cc(Cl)ccc2Cl)cc1F. The number of nitrogens with one attached hydrogen (secondary N) is 1. The van der Waals surface area contributed by atoms with Crippen LogP contribution in [0.25, 0.3) is 0 Å². The summed E-state index contributed by atoms with van der Waals surface area (Å²) in [4.78, 5) is 9.74. The minimum absolute atomic E-state index is 0.330. The van der Waals surface area contributed by atoms with Gasteiger partial charge in [-0.3, -0.25) is 10.1 Å². The number of rotatable bonds is 4. The van der Waals surface area contributed by atoms with Gasteiger partial charge in [-0.25, -0.2) is 0 Å². The van der Waals surface area contributed by atoms with Gasteiger partial charge in [0.25, 0.3) is 0 Å². The molecule has 0 bridgehead atoms. The van der Waals surface area contributed by atoms with Crippen molar-refractivity contribution < 1.29 is 9.31 Å². The number of nitro groups is 1. The molecule has 0 radical (unpaired) electrons. The lowest BCUT2D eigenvalue weighted by molar-refractivity contribution is -0.387. The van der Waals surface area contributed by atoms with Gasteiger partial charge in [-0.05, 0) is 29.8 Å². The maximum atomic E-state index is 13.4. The number of nitro benzene ring substituents is 1. The van der Waals surface area contributed by atoms with Crippen molar-refractivity contribution >= 4 is 34.6 Å². The number of halogens is 3. The van der Waals surface area contributed by atoms with Crippen LogP contribution in [0.3, 0.4) is 0 Å². The molecule has 0 saturated heterocycles. The van der Waals surface area contributed by atoms with Crippen LogP contribution in [-0.2, 0) is 6.54 Å². The third kappa shape index (κ3) is 3.37. The first-order valence-electron chi connectivity index (χ1n) is 5.59. The third-order valence-electron chi connectivity index (χ3n) is 2.64. The average molecular weight is 315 g/mol. The molecule has 0 amide bonds. The second kappa shape index (κ2) is 6.07. The molecule has 0 aliphatic rings. The fraction of sp³-hybridized carbons (Fsp3) is 0.0769. The molecule has 0 aliphatic carbocycles. The summed E-state index contributed by atoms with van der Waals surface area (Å²) in [6.07, 6.45) is 0. The molecule has 4 nitrogen and oxygen atoms in total. The van der Waals surface area contributed by atoms with Crippen LogP contribution in [0.4, 0.5) is 15.8 Å². The zero-order valence-corrected chi connectivity index (χ0v) is 11.6. The van der Waals surface area contributed by atoms with E-state index in [1.54, 1.807) is 18.2 Å². The van der Waals surface area contributed by atoms with Gasteiger partial charge in [0.1, 0.15) is 0 Å². The molecule has 0 spiro atoms. The summed E-state index contributed by atoms with van der Waals surface area (Å²) in [7, 11) is 0. The summed E-state index contributed by atoms with van der Waals surface area (Å²) in [5, 5.41) is 14.5. The molecule has 2 aromatic rings. The molecule has 0 atom stereocenters. The molecular formula is C13H9Cl2FN2O2. The second-order valence-electron chi connectivity index (χ2n) is 4.01. The lowest BCUT2D eigenvalue weighted by Gasteiger charge is -2.08. The van der Waals surface area contributed by atoms with Crippen molar-refractivity contribution in [2.45, 2.75) is 6.54 Å². The summed E-state index contributed by atoms with van der Waals surface area (Å²) >= 11 is 11.9. The zero-order valence-electron chi connectivity index (χ0n) is 10.1. The smallest absolute Gasteiger partial charge is 0.304 e.